The van der Waals surface area contributed by atoms with E-state index >= 15 is 0 Å². The lowest BCUT2D eigenvalue weighted by molar-refractivity contribution is -0.139. The fourth-order valence-corrected chi connectivity index (χ4v) is 4.31. The molecule has 0 saturated heterocycles. The molecule has 0 spiro atoms. The molecule has 0 aromatic heterocycles. The van der Waals surface area contributed by atoms with Crippen LogP contribution in [0.4, 0.5) is 5.69 Å². The van der Waals surface area contributed by atoms with Gasteiger partial charge in [-0.2, -0.15) is 0 Å². The molecule has 1 unspecified atom stereocenters. The molecule has 1 atom stereocenters. The highest BCUT2D eigenvalue weighted by atomic mass is 79.9. The van der Waals surface area contributed by atoms with Gasteiger partial charge in [-0.1, -0.05) is 40.2 Å². The number of benzene rings is 2. The highest BCUT2D eigenvalue weighted by Gasteiger charge is 2.29. The van der Waals surface area contributed by atoms with Gasteiger partial charge in [0.2, 0.25) is 21.8 Å². The number of halogens is 1. The second-order valence-corrected chi connectivity index (χ2v) is 9.87. The number of amides is 2. The Morgan fingerprint density at radius 1 is 1.13 bits per heavy atom. The molecule has 0 aliphatic rings. The third kappa shape index (κ3) is 6.30. The minimum absolute atomic E-state index is 0.165. The van der Waals surface area contributed by atoms with Gasteiger partial charge in [0.05, 0.1) is 11.9 Å². The van der Waals surface area contributed by atoms with E-state index in [1.807, 2.05) is 37.3 Å². The molecule has 0 fully saturated rings. The summed E-state index contributed by atoms with van der Waals surface area (Å²) in [6.45, 7) is 3.22. The zero-order valence-electron chi connectivity index (χ0n) is 17.4. The quantitative estimate of drug-likeness (QED) is 0.609. The molecule has 2 rings (SSSR count). The number of aryl methyl sites for hydroxylation is 1. The van der Waals surface area contributed by atoms with Crippen molar-refractivity contribution < 1.29 is 18.0 Å². The first-order chi connectivity index (χ1) is 14.0. The van der Waals surface area contributed by atoms with Gasteiger partial charge in [-0.25, -0.2) is 8.42 Å². The molecule has 0 heterocycles. The molecule has 1 N–H and O–H groups in total. The SMILES string of the molecule is CNC(=O)C(C)N(Cc1cccc(Br)c1)C(=O)CN(c1cccc(C)c1)S(C)(=O)=O. The standard InChI is InChI=1S/C21H26BrN3O4S/c1-15-7-5-10-19(11-15)25(30(4,28)29)14-20(26)24(16(2)21(27)23-3)13-17-8-6-9-18(22)12-17/h5-12,16H,13-14H2,1-4H3,(H,23,27). The van der Waals surface area contributed by atoms with Gasteiger partial charge in [0.15, 0.2) is 0 Å². The number of rotatable bonds is 8. The third-order valence-electron chi connectivity index (χ3n) is 4.62. The molecule has 0 radical (unpaired) electrons. The number of sulfonamides is 1. The summed E-state index contributed by atoms with van der Waals surface area (Å²) in [5.41, 5.74) is 2.09. The normalized spacial score (nSPS) is 12.2. The van der Waals surface area contributed by atoms with Gasteiger partial charge >= 0.3 is 0 Å². The van der Waals surface area contributed by atoms with Crippen LogP contribution in [-0.4, -0.2) is 51.0 Å². The molecule has 2 aromatic carbocycles. The van der Waals surface area contributed by atoms with Crippen LogP contribution < -0.4 is 9.62 Å². The number of nitrogens with zero attached hydrogens (tertiary/aromatic N) is 2. The maximum Gasteiger partial charge on any atom is 0.244 e. The highest BCUT2D eigenvalue weighted by molar-refractivity contribution is 9.10. The van der Waals surface area contributed by atoms with E-state index in [0.29, 0.717) is 5.69 Å². The summed E-state index contributed by atoms with van der Waals surface area (Å²) in [5, 5.41) is 2.55. The number of carbonyl (C=O) groups is 2. The van der Waals surface area contributed by atoms with Gasteiger partial charge in [0.25, 0.3) is 0 Å². The lowest BCUT2D eigenvalue weighted by Crippen LogP contribution is -2.50. The lowest BCUT2D eigenvalue weighted by atomic mass is 10.1. The predicted octanol–water partition coefficient (Wildman–Crippen LogP) is 2.69. The van der Waals surface area contributed by atoms with Gasteiger partial charge in [0.1, 0.15) is 12.6 Å². The van der Waals surface area contributed by atoms with Crippen molar-refractivity contribution in [2.45, 2.75) is 26.4 Å². The van der Waals surface area contributed by atoms with Crippen LogP contribution in [0.2, 0.25) is 0 Å². The van der Waals surface area contributed by atoms with Crippen LogP contribution in [0.25, 0.3) is 0 Å². The molecule has 162 valence electrons. The minimum Gasteiger partial charge on any atom is -0.357 e. The van der Waals surface area contributed by atoms with E-state index in [1.165, 1.54) is 11.9 Å². The molecular weight excluding hydrogens is 470 g/mol. The second kappa shape index (κ2) is 10.1. The molecule has 2 amide bonds. The summed E-state index contributed by atoms with van der Waals surface area (Å²) in [6, 6.07) is 13.5. The minimum atomic E-state index is -3.72. The number of nitrogens with one attached hydrogen (secondary N) is 1. The Balaban J connectivity index is 2.38. The van der Waals surface area contributed by atoms with Crippen molar-refractivity contribution in [3.8, 4) is 0 Å². The van der Waals surface area contributed by atoms with Crippen LogP contribution >= 0.6 is 15.9 Å². The number of likely N-dealkylation sites (N-methyl/N-ethyl adjacent to an activating group) is 1. The Bertz CT molecular complexity index is 1030. The zero-order valence-corrected chi connectivity index (χ0v) is 19.8. The number of hydrogen-bond acceptors (Lipinski definition) is 4. The van der Waals surface area contributed by atoms with Crippen molar-refractivity contribution in [3.63, 3.8) is 0 Å². The van der Waals surface area contributed by atoms with Gasteiger partial charge in [0, 0.05) is 18.1 Å². The first-order valence-electron chi connectivity index (χ1n) is 9.33. The fraction of sp³-hybridized carbons (Fsp3) is 0.333. The van der Waals surface area contributed by atoms with Gasteiger partial charge in [-0.15, -0.1) is 0 Å². The molecule has 30 heavy (non-hydrogen) atoms. The van der Waals surface area contributed by atoms with Crippen LogP contribution in [0.15, 0.2) is 53.0 Å². The molecule has 7 nitrogen and oxygen atoms in total. The fourth-order valence-electron chi connectivity index (χ4n) is 3.02. The monoisotopic (exact) mass is 495 g/mol. The van der Waals surface area contributed by atoms with Gasteiger partial charge in [-0.3, -0.25) is 13.9 Å². The van der Waals surface area contributed by atoms with E-state index in [1.54, 1.807) is 25.1 Å². The summed E-state index contributed by atoms with van der Waals surface area (Å²) in [4.78, 5) is 26.9. The molecule has 2 aromatic rings. The maximum absolute atomic E-state index is 13.2. The Morgan fingerprint density at radius 2 is 1.80 bits per heavy atom. The first-order valence-corrected chi connectivity index (χ1v) is 12.0. The summed E-state index contributed by atoms with van der Waals surface area (Å²) < 4.78 is 26.8. The van der Waals surface area contributed by atoms with E-state index in [4.69, 9.17) is 0 Å². The molecule has 0 saturated carbocycles. The van der Waals surface area contributed by atoms with Crippen molar-refractivity contribution in [3.05, 3.63) is 64.1 Å². The van der Waals surface area contributed by atoms with E-state index in [0.717, 1.165) is 26.2 Å². The van der Waals surface area contributed by atoms with E-state index in [2.05, 4.69) is 21.2 Å². The Kier molecular flexibility index (Phi) is 8.03. The van der Waals surface area contributed by atoms with Crippen LogP contribution in [-0.2, 0) is 26.2 Å². The van der Waals surface area contributed by atoms with Crippen LogP contribution in [0, 0.1) is 6.92 Å². The Hall–Kier alpha value is -2.39. The molecular formula is C21H26BrN3O4S. The van der Waals surface area contributed by atoms with Crippen LogP contribution in [0.1, 0.15) is 18.1 Å². The summed E-state index contributed by atoms with van der Waals surface area (Å²) in [5.74, 6) is -0.808. The van der Waals surface area contributed by atoms with Crippen LogP contribution in [0.3, 0.4) is 0 Å². The molecule has 9 heteroatoms. The zero-order chi connectivity index (χ0) is 22.5. The first kappa shape index (κ1) is 23.9. The number of anilines is 1. The average molecular weight is 496 g/mol. The topological polar surface area (TPSA) is 86.8 Å². The molecule has 0 aliphatic carbocycles. The summed E-state index contributed by atoms with van der Waals surface area (Å²) in [6.07, 6.45) is 1.06. The summed E-state index contributed by atoms with van der Waals surface area (Å²) in [7, 11) is -2.22. The van der Waals surface area contributed by atoms with E-state index < -0.39 is 28.5 Å². The van der Waals surface area contributed by atoms with Crippen molar-refractivity contribution in [2.24, 2.45) is 0 Å². The lowest BCUT2D eigenvalue weighted by Gasteiger charge is -2.31. The molecule has 0 bridgehead atoms. The van der Waals surface area contributed by atoms with Crippen LogP contribution in [0.5, 0.6) is 0 Å². The largest absolute Gasteiger partial charge is 0.357 e. The van der Waals surface area contributed by atoms with Gasteiger partial charge < -0.3 is 10.2 Å². The van der Waals surface area contributed by atoms with Gasteiger partial charge in [-0.05, 0) is 49.2 Å². The molecule has 0 aliphatic heterocycles. The number of hydrogen-bond donors (Lipinski definition) is 1. The summed E-state index contributed by atoms with van der Waals surface area (Å²) >= 11 is 3.40. The second-order valence-electron chi connectivity index (χ2n) is 7.05. The predicted molar refractivity (Wildman–Crippen MR) is 122 cm³/mol. The maximum atomic E-state index is 13.2. The highest BCUT2D eigenvalue weighted by Crippen LogP contribution is 2.21. The van der Waals surface area contributed by atoms with E-state index in [9.17, 15) is 18.0 Å². The Morgan fingerprint density at radius 3 is 2.37 bits per heavy atom. The average Bonchev–Trinajstić information content (AvgIpc) is 2.68. The third-order valence-corrected chi connectivity index (χ3v) is 6.26. The Labute approximate surface area is 186 Å². The number of carbonyl (C=O) groups excluding carboxylic acids is 2. The van der Waals surface area contributed by atoms with E-state index in [-0.39, 0.29) is 12.5 Å². The van der Waals surface area contributed by atoms with Crippen molar-refractivity contribution in [1.82, 2.24) is 10.2 Å². The van der Waals surface area contributed by atoms with Crippen molar-refractivity contribution >= 4 is 43.5 Å². The smallest absolute Gasteiger partial charge is 0.244 e. The van der Waals surface area contributed by atoms with Crippen molar-refractivity contribution in [1.29, 1.82) is 0 Å². The van der Waals surface area contributed by atoms with Crippen molar-refractivity contribution in [2.75, 3.05) is 24.2 Å².